The highest BCUT2D eigenvalue weighted by Crippen LogP contribution is 2.32. The smallest absolute Gasteiger partial charge is 0.188 e. The van der Waals surface area contributed by atoms with Crippen LogP contribution in [0.15, 0.2) is 52.8 Å². The van der Waals surface area contributed by atoms with Gasteiger partial charge < -0.3 is 5.32 Å². The molecule has 5 nitrogen and oxygen atoms in total. The summed E-state index contributed by atoms with van der Waals surface area (Å²) >= 11 is 3.13. The van der Waals surface area contributed by atoms with E-state index < -0.39 is 0 Å². The van der Waals surface area contributed by atoms with E-state index in [1.165, 1.54) is 0 Å². The van der Waals surface area contributed by atoms with Gasteiger partial charge in [0.15, 0.2) is 10.9 Å². The van der Waals surface area contributed by atoms with Gasteiger partial charge in [0.1, 0.15) is 10.8 Å². The number of carbonyl (C=O) groups is 1. The van der Waals surface area contributed by atoms with Crippen LogP contribution in [-0.2, 0) is 11.2 Å². The number of hydrogen-bond acceptors (Lipinski definition) is 7. The van der Waals surface area contributed by atoms with Gasteiger partial charge in [-0.05, 0) is 37.5 Å². The minimum Gasteiger partial charge on any atom is -0.315 e. The Kier molecular flexibility index (Phi) is 4.99. The Morgan fingerprint density at radius 2 is 2.04 bits per heavy atom. The SMILES string of the molecule is Cc1cnc(Nc2cncc(Sc3ccc(CC(=O)C4CC4)cc3)n2)s1. The Balaban J connectivity index is 1.40. The second-order valence-electron chi connectivity index (χ2n) is 6.31. The van der Waals surface area contributed by atoms with Gasteiger partial charge in [-0.2, -0.15) is 0 Å². The molecular weight excluding hydrogens is 364 g/mol. The quantitative estimate of drug-likeness (QED) is 0.641. The zero-order valence-corrected chi connectivity index (χ0v) is 15.9. The Labute approximate surface area is 160 Å². The zero-order valence-electron chi connectivity index (χ0n) is 14.3. The lowest BCUT2D eigenvalue weighted by atomic mass is 10.1. The van der Waals surface area contributed by atoms with Gasteiger partial charge in [-0.1, -0.05) is 23.9 Å². The molecule has 1 fully saturated rings. The Hall–Kier alpha value is -2.25. The highest BCUT2D eigenvalue weighted by Gasteiger charge is 2.28. The third kappa shape index (κ3) is 4.47. The number of hydrogen-bond donors (Lipinski definition) is 1. The van der Waals surface area contributed by atoms with Crippen molar-refractivity contribution in [1.82, 2.24) is 15.0 Å². The largest absolute Gasteiger partial charge is 0.315 e. The predicted molar refractivity (Wildman–Crippen MR) is 104 cm³/mol. The van der Waals surface area contributed by atoms with Crippen LogP contribution in [0.1, 0.15) is 23.3 Å². The predicted octanol–water partition coefficient (Wildman–Crippen LogP) is 4.66. The summed E-state index contributed by atoms with van der Waals surface area (Å²) in [4.78, 5) is 27.2. The molecule has 2 heterocycles. The van der Waals surface area contributed by atoms with E-state index in [-0.39, 0.29) is 0 Å². The zero-order chi connectivity index (χ0) is 17.9. The van der Waals surface area contributed by atoms with E-state index in [4.69, 9.17) is 0 Å². The van der Waals surface area contributed by atoms with Crippen LogP contribution in [0.2, 0.25) is 0 Å². The molecule has 0 radical (unpaired) electrons. The van der Waals surface area contributed by atoms with Crippen LogP contribution in [0.4, 0.5) is 10.9 Å². The second-order valence-corrected chi connectivity index (χ2v) is 8.64. The molecule has 0 atom stereocenters. The van der Waals surface area contributed by atoms with Gasteiger partial charge in [-0.3, -0.25) is 9.78 Å². The molecule has 3 aromatic rings. The number of nitrogens with zero attached hydrogens (tertiary/aromatic N) is 3. The van der Waals surface area contributed by atoms with Crippen molar-refractivity contribution in [1.29, 1.82) is 0 Å². The van der Waals surface area contributed by atoms with Gasteiger partial charge in [-0.15, -0.1) is 11.3 Å². The molecule has 0 bridgehead atoms. The van der Waals surface area contributed by atoms with E-state index in [2.05, 4.69) is 20.3 Å². The second kappa shape index (κ2) is 7.55. The number of Topliss-reactive ketones (excluding diaryl/α,β-unsaturated/α-hetero) is 1. The van der Waals surface area contributed by atoms with Crippen molar-refractivity contribution in [3.8, 4) is 0 Å². The van der Waals surface area contributed by atoms with Crippen LogP contribution in [-0.4, -0.2) is 20.7 Å². The monoisotopic (exact) mass is 382 g/mol. The van der Waals surface area contributed by atoms with Gasteiger partial charge in [0.2, 0.25) is 0 Å². The van der Waals surface area contributed by atoms with Crippen LogP contribution in [0, 0.1) is 12.8 Å². The number of nitrogens with one attached hydrogen (secondary N) is 1. The first-order valence-corrected chi connectivity index (χ1v) is 10.1. The molecule has 1 aromatic carbocycles. The molecule has 1 N–H and O–H groups in total. The molecule has 0 amide bonds. The maximum Gasteiger partial charge on any atom is 0.188 e. The van der Waals surface area contributed by atoms with E-state index in [9.17, 15) is 4.79 Å². The molecule has 1 saturated carbocycles. The van der Waals surface area contributed by atoms with Crippen LogP contribution >= 0.6 is 23.1 Å². The average molecular weight is 383 g/mol. The molecule has 1 aliphatic rings. The van der Waals surface area contributed by atoms with E-state index >= 15 is 0 Å². The van der Waals surface area contributed by atoms with Crippen molar-refractivity contribution in [2.45, 2.75) is 36.1 Å². The van der Waals surface area contributed by atoms with E-state index in [1.807, 2.05) is 37.4 Å². The van der Waals surface area contributed by atoms with Crippen molar-refractivity contribution in [2.75, 3.05) is 5.32 Å². The minimum atomic E-state index is 0.316. The number of aryl methyl sites for hydroxylation is 1. The molecule has 0 aliphatic heterocycles. The Bertz CT molecular complexity index is 919. The molecule has 0 spiro atoms. The number of ketones is 1. The highest BCUT2D eigenvalue weighted by atomic mass is 32.2. The van der Waals surface area contributed by atoms with Crippen molar-refractivity contribution < 1.29 is 4.79 Å². The number of aromatic nitrogens is 3. The lowest BCUT2D eigenvalue weighted by molar-refractivity contribution is -0.119. The van der Waals surface area contributed by atoms with Gasteiger partial charge in [0.05, 0.1) is 12.4 Å². The first-order chi connectivity index (χ1) is 12.7. The van der Waals surface area contributed by atoms with E-state index in [0.717, 1.165) is 38.3 Å². The topological polar surface area (TPSA) is 67.8 Å². The highest BCUT2D eigenvalue weighted by molar-refractivity contribution is 7.99. The summed E-state index contributed by atoms with van der Waals surface area (Å²) in [5.41, 5.74) is 1.08. The van der Waals surface area contributed by atoms with Crippen LogP contribution in [0.25, 0.3) is 0 Å². The lowest BCUT2D eigenvalue weighted by Gasteiger charge is -2.05. The summed E-state index contributed by atoms with van der Waals surface area (Å²) < 4.78 is 0. The van der Waals surface area contributed by atoms with Crippen LogP contribution in [0.5, 0.6) is 0 Å². The van der Waals surface area contributed by atoms with Crippen molar-refractivity contribution in [3.63, 3.8) is 0 Å². The normalized spacial score (nSPS) is 13.6. The standard InChI is InChI=1S/C19H18N4OS2/c1-12-9-21-19(25-12)23-17-10-20-11-18(22-17)26-15-6-2-13(3-7-15)8-16(24)14-4-5-14/h2-3,6-7,9-11,14H,4-5,8H2,1H3,(H,21,22,23). The summed E-state index contributed by atoms with van der Waals surface area (Å²) in [7, 11) is 0. The molecule has 0 unspecified atom stereocenters. The maximum absolute atomic E-state index is 11.9. The molecule has 0 saturated heterocycles. The van der Waals surface area contributed by atoms with Gasteiger partial charge in [-0.25, -0.2) is 9.97 Å². The minimum absolute atomic E-state index is 0.316. The number of anilines is 2. The summed E-state index contributed by atoms with van der Waals surface area (Å²) in [6.07, 6.45) is 7.93. The summed E-state index contributed by atoms with van der Waals surface area (Å²) in [6, 6.07) is 8.12. The van der Waals surface area contributed by atoms with E-state index in [1.54, 1.807) is 35.5 Å². The van der Waals surface area contributed by atoms with E-state index in [0.29, 0.717) is 23.9 Å². The maximum atomic E-state index is 11.9. The number of benzene rings is 1. The van der Waals surface area contributed by atoms with Crippen LogP contribution in [0.3, 0.4) is 0 Å². The third-order valence-electron chi connectivity index (χ3n) is 4.03. The molecule has 4 rings (SSSR count). The molecule has 26 heavy (non-hydrogen) atoms. The van der Waals surface area contributed by atoms with Crippen molar-refractivity contribution in [2.24, 2.45) is 5.92 Å². The van der Waals surface area contributed by atoms with Crippen LogP contribution < -0.4 is 5.32 Å². The number of thiazole rings is 1. The summed E-state index contributed by atoms with van der Waals surface area (Å²) in [5, 5.41) is 4.80. The number of carbonyl (C=O) groups excluding carboxylic acids is 1. The fourth-order valence-corrected chi connectivity index (χ4v) is 3.97. The number of rotatable bonds is 7. The fraction of sp³-hybridized carbons (Fsp3) is 0.263. The van der Waals surface area contributed by atoms with Gasteiger partial charge in [0.25, 0.3) is 0 Å². The Morgan fingerprint density at radius 1 is 1.23 bits per heavy atom. The lowest BCUT2D eigenvalue weighted by Crippen LogP contribution is -2.04. The molecule has 2 aromatic heterocycles. The molecule has 7 heteroatoms. The third-order valence-corrected chi connectivity index (χ3v) is 5.77. The molecule has 1 aliphatic carbocycles. The van der Waals surface area contributed by atoms with Crippen molar-refractivity contribution in [3.05, 3.63) is 53.3 Å². The molecule has 132 valence electrons. The van der Waals surface area contributed by atoms with Gasteiger partial charge in [0, 0.05) is 28.3 Å². The first-order valence-electron chi connectivity index (χ1n) is 8.47. The fourth-order valence-electron chi connectivity index (χ4n) is 2.53. The van der Waals surface area contributed by atoms with Crippen molar-refractivity contribution >= 4 is 39.8 Å². The summed E-state index contributed by atoms with van der Waals surface area (Å²) in [5.74, 6) is 1.36. The Morgan fingerprint density at radius 3 is 2.73 bits per heavy atom. The van der Waals surface area contributed by atoms with Gasteiger partial charge >= 0.3 is 0 Å². The average Bonchev–Trinajstić information content (AvgIpc) is 3.40. The summed E-state index contributed by atoms with van der Waals surface area (Å²) in [6.45, 7) is 2.02. The molecular formula is C19H18N4OS2. The first kappa shape index (κ1) is 17.2.